The normalized spacial score (nSPS) is 11.5. The Labute approximate surface area is 166 Å². The van der Waals surface area contributed by atoms with Gasteiger partial charge in [0.25, 0.3) is 0 Å². The Morgan fingerprint density at radius 1 is 1.16 bits per heavy atom. The number of carbonyl (C=O) groups is 1. The fourth-order valence-corrected chi connectivity index (χ4v) is 4.00. The van der Waals surface area contributed by atoms with Crippen LogP contribution in [0, 0.1) is 3.57 Å². The van der Waals surface area contributed by atoms with Gasteiger partial charge in [0.15, 0.2) is 0 Å². The third kappa shape index (κ3) is 5.67. The van der Waals surface area contributed by atoms with Crippen LogP contribution in [0.4, 0.5) is 5.69 Å². The van der Waals surface area contributed by atoms with E-state index in [0.29, 0.717) is 11.4 Å². The van der Waals surface area contributed by atoms with Crippen molar-refractivity contribution in [3.05, 3.63) is 57.1 Å². The Bertz CT molecular complexity index is 841. The van der Waals surface area contributed by atoms with Gasteiger partial charge in [0.1, 0.15) is 0 Å². The Morgan fingerprint density at radius 2 is 1.80 bits per heavy atom. The van der Waals surface area contributed by atoms with Gasteiger partial charge in [-0.2, -0.15) is 0 Å². The van der Waals surface area contributed by atoms with Crippen molar-refractivity contribution in [1.29, 1.82) is 0 Å². The van der Waals surface area contributed by atoms with Gasteiger partial charge in [-0.3, -0.25) is 4.79 Å². The number of nitrogens with one attached hydrogen (secondary N) is 1. The summed E-state index contributed by atoms with van der Waals surface area (Å²) in [5.74, 6) is -0.138. The molecule has 0 aliphatic rings. The summed E-state index contributed by atoms with van der Waals surface area (Å²) in [5.41, 5.74) is 0.759. The van der Waals surface area contributed by atoms with Crippen LogP contribution >= 0.6 is 34.2 Å². The zero-order valence-electron chi connectivity index (χ0n) is 13.6. The second kappa shape index (κ2) is 8.98. The van der Waals surface area contributed by atoms with Crippen LogP contribution in [0.5, 0.6) is 0 Å². The molecule has 0 spiro atoms. The minimum atomic E-state index is -3.58. The maximum atomic E-state index is 12.4. The zero-order chi connectivity index (χ0) is 18.4. The van der Waals surface area contributed by atoms with Gasteiger partial charge in [-0.05, 0) is 65.4 Å². The highest BCUT2D eigenvalue weighted by molar-refractivity contribution is 14.1. The molecule has 1 amide bonds. The van der Waals surface area contributed by atoms with E-state index in [4.69, 9.17) is 11.6 Å². The van der Waals surface area contributed by atoms with E-state index in [9.17, 15) is 13.2 Å². The predicted octanol–water partition coefficient (Wildman–Crippen LogP) is 3.98. The average Bonchev–Trinajstić information content (AvgIpc) is 2.57. The zero-order valence-corrected chi connectivity index (χ0v) is 17.3. The van der Waals surface area contributed by atoms with Crippen molar-refractivity contribution in [3.8, 4) is 0 Å². The number of hydrogen-bond acceptors (Lipinski definition) is 3. The molecule has 134 valence electrons. The monoisotopic (exact) mass is 492 g/mol. The molecule has 0 unspecified atom stereocenters. The van der Waals surface area contributed by atoms with E-state index in [-0.39, 0.29) is 23.8 Å². The molecule has 0 radical (unpaired) electrons. The van der Waals surface area contributed by atoms with Crippen molar-refractivity contribution in [2.45, 2.75) is 17.7 Å². The largest absolute Gasteiger partial charge is 0.325 e. The third-order valence-corrected chi connectivity index (χ3v) is 6.61. The van der Waals surface area contributed by atoms with E-state index in [1.54, 1.807) is 0 Å². The van der Waals surface area contributed by atoms with Crippen LogP contribution in [0.15, 0.2) is 53.4 Å². The SMILES string of the molecule is CN(CCCC(=O)Nc1ccccc1I)S(=O)(=O)c1ccc(Cl)cc1. The number of rotatable bonds is 7. The standard InChI is InChI=1S/C17H18ClIN2O3S/c1-21(25(23,24)14-10-8-13(18)9-11-14)12-4-7-17(22)20-16-6-3-2-5-15(16)19/h2-3,5-6,8-11H,4,7,12H2,1H3,(H,20,22). The van der Waals surface area contributed by atoms with Gasteiger partial charge in [0.2, 0.25) is 15.9 Å². The first kappa shape index (κ1) is 20.2. The molecule has 1 N–H and O–H groups in total. The molecule has 0 aromatic heterocycles. The van der Waals surface area contributed by atoms with Crippen LogP contribution in [0.25, 0.3) is 0 Å². The number of nitrogens with zero attached hydrogens (tertiary/aromatic N) is 1. The second-order valence-corrected chi connectivity index (χ2v) is 9.06. The van der Waals surface area contributed by atoms with Crippen LogP contribution in [0.3, 0.4) is 0 Å². The van der Waals surface area contributed by atoms with E-state index in [1.807, 2.05) is 24.3 Å². The highest BCUT2D eigenvalue weighted by Gasteiger charge is 2.20. The molecule has 0 atom stereocenters. The molecular weight excluding hydrogens is 475 g/mol. The quantitative estimate of drug-likeness (QED) is 0.595. The van der Waals surface area contributed by atoms with E-state index < -0.39 is 10.0 Å². The Balaban J connectivity index is 1.87. The number of sulfonamides is 1. The van der Waals surface area contributed by atoms with E-state index in [0.717, 1.165) is 9.26 Å². The van der Waals surface area contributed by atoms with E-state index >= 15 is 0 Å². The molecule has 0 fully saturated rings. The highest BCUT2D eigenvalue weighted by Crippen LogP contribution is 2.19. The first-order valence-electron chi connectivity index (χ1n) is 7.57. The smallest absolute Gasteiger partial charge is 0.242 e. The Hall–Kier alpha value is -1.16. The lowest BCUT2D eigenvalue weighted by molar-refractivity contribution is -0.116. The summed E-state index contributed by atoms with van der Waals surface area (Å²) in [6.07, 6.45) is 0.671. The highest BCUT2D eigenvalue weighted by atomic mass is 127. The topological polar surface area (TPSA) is 66.5 Å². The van der Waals surface area contributed by atoms with Crippen molar-refractivity contribution in [2.75, 3.05) is 18.9 Å². The van der Waals surface area contributed by atoms with Crippen molar-refractivity contribution in [1.82, 2.24) is 4.31 Å². The Morgan fingerprint density at radius 3 is 2.44 bits per heavy atom. The molecule has 0 aliphatic heterocycles. The fourth-order valence-electron chi connectivity index (χ4n) is 2.14. The van der Waals surface area contributed by atoms with Crippen LogP contribution in [0.2, 0.25) is 5.02 Å². The molecule has 5 nitrogen and oxygen atoms in total. The predicted molar refractivity (Wildman–Crippen MR) is 108 cm³/mol. The average molecular weight is 493 g/mol. The van der Waals surface area contributed by atoms with Crippen LogP contribution < -0.4 is 5.32 Å². The van der Waals surface area contributed by atoms with Gasteiger partial charge in [-0.25, -0.2) is 12.7 Å². The maximum absolute atomic E-state index is 12.4. The first-order chi connectivity index (χ1) is 11.8. The molecule has 0 saturated carbocycles. The summed E-state index contributed by atoms with van der Waals surface area (Å²) < 4.78 is 27.1. The minimum Gasteiger partial charge on any atom is -0.325 e. The van der Waals surface area contributed by atoms with Crippen molar-refractivity contribution >= 4 is 55.8 Å². The number of halogens is 2. The summed E-state index contributed by atoms with van der Waals surface area (Å²) in [6, 6.07) is 13.5. The lowest BCUT2D eigenvalue weighted by atomic mass is 10.2. The second-order valence-electron chi connectivity index (χ2n) is 5.41. The summed E-state index contributed by atoms with van der Waals surface area (Å²) in [5, 5.41) is 3.31. The first-order valence-corrected chi connectivity index (χ1v) is 10.5. The number of hydrogen-bond donors (Lipinski definition) is 1. The maximum Gasteiger partial charge on any atom is 0.242 e. The summed E-state index contributed by atoms with van der Waals surface area (Å²) in [7, 11) is -2.08. The molecule has 2 rings (SSSR count). The molecular formula is C17H18ClIN2O3S. The van der Waals surface area contributed by atoms with Crippen LogP contribution in [-0.4, -0.2) is 32.2 Å². The summed E-state index contributed by atoms with van der Waals surface area (Å²) >= 11 is 7.93. The minimum absolute atomic E-state index is 0.138. The van der Waals surface area contributed by atoms with Crippen molar-refractivity contribution in [2.24, 2.45) is 0 Å². The number of carbonyl (C=O) groups excluding carboxylic acids is 1. The number of anilines is 1. The fraction of sp³-hybridized carbons (Fsp3) is 0.235. The van der Waals surface area contributed by atoms with Gasteiger partial charge >= 0.3 is 0 Å². The lowest BCUT2D eigenvalue weighted by Crippen LogP contribution is -2.28. The summed E-state index contributed by atoms with van der Waals surface area (Å²) in [6.45, 7) is 0.254. The lowest BCUT2D eigenvalue weighted by Gasteiger charge is -2.17. The molecule has 8 heteroatoms. The van der Waals surface area contributed by atoms with Gasteiger partial charge < -0.3 is 5.32 Å². The molecule has 0 saturated heterocycles. The van der Waals surface area contributed by atoms with Gasteiger partial charge in [0, 0.05) is 28.6 Å². The number of benzene rings is 2. The number of amides is 1. The van der Waals surface area contributed by atoms with Gasteiger partial charge in [-0.15, -0.1) is 0 Å². The van der Waals surface area contributed by atoms with Crippen molar-refractivity contribution in [3.63, 3.8) is 0 Å². The molecule has 2 aromatic carbocycles. The molecule has 25 heavy (non-hydrogen) atoms. The van der Waals surface area contributed by atoms with Gasteiger partial charge in [0.05, 0.1) is 10.6 Å². The number of para-hydroxylation sites is 1. The third-order valence-electron chi connectivity index (χ3n) is 3.55. The van der Waals surface area contributed by atoms with Crippen LogP contribution in [0.1, 0.15) is 12.8 Å². The molecule has 0 aliphatic carbocycles. The molecule has 2 aromatic rings. The van der Waals surface area contributed by atoms with Crippen molar-refractivity contribution < 1.29 is 13.2 Å². The molecule has 0 heterocycles. The van der Waals surface area contributed by atoms with E-state index in [2.05, 4.69) is 27.9 Å². The Kier molecular flexibility index (Phi) is 7.24. The van der Waals surface area contributed by atoms with Crippen LogP contribution in [-0.2, 0) is 14.8 Å². The summed E-state index contributed by atoms with van der Waals surface area (Å²) in [4.78, 5) is 12.2. The molecule has 0 bridgehead atoms. The van der Waals surface area contributed by atoms with E-state index in [1.165, 1.54) is 35.6 Å². The van der Waals surface area contributed by atoms with Gasteiger partial charge in [-0.1, -0.05) is 23.7 Å².